The third-order valence-electron chi connectivity index (χ3n) is 4.91. The van der Waals surface area contributed by atoms with Crippen LogP contribution in [0.3, 0.4) is 0 Å². The molecule has 106 valence electrons. The molecule has 3 unspecified atom stereocenters. The lowest BCUT2D eigenvalue weighted by Gasteiger charge is -2.27. The molecule has 4 heteroatoms. The zero-order chi connectivity index (χ0) is 13.4. The maximum absolute atomic E-state index is 4.33. The predicted octanol–water partition coefficient (Wildman–Crippen LogP) is 1.89. The smallest absolute Gasteiger partial charge is 0.0951 e. The second-order valence-corrected chi connectivity index (χ2v) is 6.37. The summed E-state index contributed by atoms with van der Waals surface area (Å²) in [6, 6.07) is 1.25. The minimum Gasteiger partial charge on any atom is -0.331 e. The fourth-order valence-corrected chi connectivity index (χ4v) is 3.98. The highest BCUT2D eigenvalue weighted by Crippen LogP contribution is 2.35. The fraction of sp³-hybridized carbons (Fsp3) is 0.800. The summed E-state index contributed by atoms with van der Waals surface area (Å²) in [6.07, 6.45) is 5.27. The summed E-state index contributed by atoms with van der Waals surface area (Å²) in [4.78, 5) is 7.02. The second kappa shape index (κ2) is 5.25. The van der Waals surface area contributed by atoms with Gasteiger partial charge in [-0.15, -0.1) is 0 Å². The molecule has 2 fully saturated rings. The topological polar surface area (TPSA) is 33.1 Å². The van der Waals surface area contributed by atoms with Crippen molar-refractivity contribution in [2.45, 2.75) is 45.8 Å². The number of hydrogen-bond donors (Lipinski definition) is 1. The molecule has 0 aliphatic carbocycles. The maximum Gasteiger partial charge on any atom is 0.0951 e. The minimum atomic E-state index is 0.501. The van der Waals surface area contributed by atoms with E-state index >= 15 is 0 Å². The Morgan fingerprint density at radius 2 is 2.26 bits per heavy atom. The van der Waals surface area contributed by atoms with Crippen LogP contribution in [0, 0.1) is 11.8 Å². The fourth-order valence-electron chi connectivity index (χ4n) is 3.98. The van der Waals surface area contributed by atoms with E-state index in [1.807, 2.05) is 12.5 Å². The van der Waals surface area contributed by atoms with Crippen LogP contribution in [-0.4, -0.2) is 40.1 Å². The Balaban J connectivity index is 1.74. The van der Waals surface area contributed by atoms with Gasteiger partial charge in [-0.1, -0.05) is 6.92 Å². The average molecular weight is 262 g/mol. The average Bonchev–Trinajstić information content (AvgIpc) is 3.03. The van der Waals surface area contributed by atoms with Crippen molar-refractivity contribution in [1.29, 1.82) is 0 Å². The monoisotopic (exact) mass is 262 g/mol. The van der Waals surface area contributed by atoms with Crippen LogP contribution >= 0.6 is 0 Å². The lowest BCUT2D eigenvalue weighted by Crippen LogP contribution is -2.35. The van der Waals surface area contributed by atoms with Gasteiger partial charge in [0.05, 0.1) is 12.0 Å². The van der Waals surface area contributed by atoms with Crippen molar-refractivity contribution in [3.63, 3.8) is 0 Å². The van der Waals surface area contributed by atoms with E-state index in [4.69, 9.17) is 0 Å². The molecule has 0 amide bonds. The van der Waals surface area contributed by atoms with Crippen LogP contribution in [0.5, 0.6) is 0 Å². The van der Waals surface area contributed by atoms with Crippen LogP contribution in [0.15, 0.2) is 12.5 Å². The highest BCUT2D eigenvalue weighted by atomic mass is 15.2. The lowest BCUT2D eigenvalue weighted by atomic mass is 9.93. The van der Waals surface area contributed by atoms with Gasteiger partial charge in [0.15, 0.2) is 0 Å². The zero-order valence-electron chi connectivity index (χ0n) is 12.3. The molecule has 0 aromatic carbocycles. The largest absolute Gasteiger partial charge is 0.331 e. The van der Waals surface area contributed by atoms with E-state index in [-0.39, 0.29) is 0 Å². The molecular formula is C15H26N4. The van der Waals surface area contributed by atoms with Crippen molar-refractivity contribution >= 4 is 0 Å². The van der Waals surface area contributed by atoms with Crippen molar-refractivity contribution in [3.05, 3.63) is 18.2 Å². The summed E-state index contributed by atoms with van der Waals surface area (Å²) in [5, 5.41) is 3.55. The molecule has 0 bridgehead atoms. The first-order chi connectivity index (χ1) is 9.20. The summed E-state index contributed by atoms with van der Waals surface area (Å²) >= 11 is 0. The summed E-state index contributed by atoms with van der Waals surface area (Å²) < 4.78 is 2.30. The van der Waals surface area contributed by atoms with Crippen LogP contribution in [0.1, 0.15) is 38.9 Å². The number of imidazole rings is 1. The van der Waals surface area contributed by atoms with Gasteiger partial charge < -0.3 is 9.88 Å². The van der Waals surface area contributed by atoms with Crippen LogP contribution in [-0.2, 0) is 6.54 Å². The van der Waals surface area contributed by atoms with E-state index in [1.54, 1.807) is 0 Å². The quantitative estimate of drug-likeness (QED) is 0.899. The SMILES string of the molecule is CCC1C2CNCC2CN1Cc1cncn1C(C)C. The van der Waals surface area contributed by atoms with Crippen LogP contribution in [0.2, 0.25) is 0 Å². The Hall–Kier alpha value is -0.870. The van der Waals surface area contributed by atoms with E-state index in [0.29, 0.717) is 6.04 Å². The second-order valence-electron chi connectivity index (χ2n) is 6.37. The van der Waals surface area contributed by atoms with Gasteiger partial charge >= 0.3 is 0 Å². The van der Waals surface area contributed by atoms with Crippen molar-refractivity contribution in [2.24, 2.45) is 11.8 Å². The minimum absolute atomic E-state index is 0.501. The molecular weight excluding hydrogens is 236 g/mol. The van der Waals surface area contributed by atoms with Crippen molar-refractivity contribution in [1.82, 2.24) is 19.8 Å². The van der Waals surface area contributed by atoms with Gasteiger partial charge in [0.1, 0.15) is 0 Å². The molecule has 2 saturated heterocycles. The summed E-state index contributed by atoms with van der Waals surface area (Å²) in [6.45, 7) is 11.5. The Labute approximate surface area is 116 Å². The number of aromatic nitrogens is 2. The van der Waals surface area contributed by atoms with Gasteiger partial charge in [0.25, 0.3) is 0 Å². The predicted molar refractivity (Wildman–Crippen MR) is 77.0 cm³/mol. The molecule has 0 radical (unpaired) electrons. The third-order valence-corrected chi connectivity index (χ3v) is 4.91. The van der Waals surface area contributed by atoms with Gasteiger partial charge in [0, 0.05) is 31.4 Å². The van der Waals surface area contributed by atoms with Gasteiger partial charge in [0.2, 0.25) is 0 Å². The Kier molecular flexibility index (Phi) is 3.63. The highest BCUT2D eigenvalue weighted by Gasteiger charge is 2.43. The number of nitrogens with zero attached hydrogens (tertiary/aromatic N) is 3. The molecule has 1 N–H and O–H groups in total. The van der Waals surface area contributed by atoms with Gasteiger partial charge in [-0.05, 0) is 45.2 Å². The van der Waals surface area contributed by atoms with Gasteiger partial charge in [-0.25, -0.2) is 4.98 Å². The van der Waals surface area contributed by atoms with E-state index in [2.05, 4.69) is 40.5 Å². The van der Waals surface area contributed by atoms with E-state index in [0.717, 1.165) is 24.4 Å². The molecule has 19 heavy (non-hydrogen) atoms. The Morgan fingerprint density at radius 1 is 1.42 bits per heavy atom. The van der Waals surface area contributed by atoms with Crippen molar-refractivity contribution < 1.29 is 0 Å². The highest BCUT2D eigenvalue weighted by molar-refractivity contribution is 5.04. The first-order valence-electron chi connectivity index (χ1n) is 7.66. The third kappa shape index (κ3) is 2.32. The number of nitrogens with one attached hydrogen (secondary N) is 1. The first kappa shape index (κ1) is 13.1. The molecule has 3 rings (SSSR count). The normalized spacial score (nSPS) is 31.3. The van der Waals surface area contributed by atoms with E-state index < -0.39 is 0 Å². The summed E-state index contributed by atoms with van der Waals surface area (Å²) in [5.74, 6) is 1.72. The molecule has 3 atom stereocenters. The number of likely N-dealkylation sites (tertiary alicyclic amines) is 1. The summed E-state index contributed by atoms with van der Waals surface area (Å²) in [5.41, 5.74) is 1.36. The number of hydrogen-bond acceptors (Lipinski definition) is 3. The Bertz CT molecular complexity index is 426. The Morgan fingerprint density at radius 3 is 3.00 bits per heavy atom. The molecule has 1 aromatic heterocycles. The maximum atomic E-state index is 4.33. The molecule has 2 aliphatic rings. The number of rotatable bonds is 4. The van der Waals surface area contributed by atoms with Crippen molar-refractivity contribution in [2.75, 3.05) is 19.6 Å². The molecule has 0 saturated carbocycles. The van der Waals surface area contributed by atoms with Crippen molar-refractivity contribution in [3.8, 4) is 0 Å². The van der Waals surface area contributed by atoms with E-state index in [1.165, 1.54) is 31.7 Å². The molecule has 1 aromatic rings. The standard InChI is InChI=1S/C15H26N4/c1-4-15-14-7-16-5-12(14)8-18(15)9-13-6-17-10-19(13)11(2)3/h6,10-12,14-16H,4-5,7-9H2,1-3H3. The van der Waals surface area contributed by atoms with Crippen LogP contribution < -0.4 is 5.32 Å². The van der Waals surface area contributed by atoms with E-state index in [9.17, 15) is 0 Å². The molecule has 4 nitrogen and oxygen atoms in total. The van der Waals surface area contributed by atoms with Crippen LogP contribution in [0.25, 0.3) is 0 Å². The summed E-state index contributed by atoms with van der Waals surface area (Å²) in [7, 11) is 0. The lowest BCUT2D eigenvalue weighted by molar-refractivity contribution is 0.205. The first-order valence-corrected chi connectivity index (χ1v) is 7.66. The zero-order valence-corrected chi connectivity index (χ0v) is 12.3. The van der Waals surface area contributed by atoms with Gasteiger partial charge in [-0.3, -0.25) is 4.90 Å². The molecule has 2 aliphatic heterocycles. The number of fused-ring (bicyclic) bond motifs is 1. The van der Waals surface area contributed by atoms with Gasteiger partial charge in [-0.2, -0.15) is 0 Å². The molecule has 3 heterocycles. The molecule has 0 spiro atoms. The van der Waals surface area contributed by atoms with Crippen LogP contribution in [0.4, 0.5) is 0 Å².